The molecule has 1 heterocycles. The monoisotopic (exact) mass is 360 g/mol. The first kappa shape index (κ1) is 17.1. The van der Waals surface area contributed by atoms with E-state index in [0.29, 0.717) is 29.1 Å². The van der Waals surface area contributed by atoms with Crippen molar-refractivity contribution in [2.24, 2.45) is 0 Å². The molecule has 25 heavy (non-hydrogen) atoms. The maximum absolute atomic E-state index is 13.5. The molecule has 0 saturated heterocycles. The third-order valence-electron chi connectivity index (χ3n) is 3.42. The first-order valence-electron chi connectivity index (χ1n) is 7.54. The minimum Gasteiger partial charge on any atom is -0.496 e. The normalized spacial score (nSPS) is 10.6. The number of rotatable bonds is 7. The number of para-hydroxylation sites is 2. The van der Waals surface area contributed by atoms with Gasteiger partial charge in [0.1, 0.15) is 5.75 Å². The van der Waals surface area contributed by atoms with E-state index in [-0.39, 0.29) is 11.6 Å². The van der Waals surface area contributed by atoms with Crippen LogP contribution >= 0.6 is 11.8 Å². The van der Waals surface area contributed by atoms with Crippen LogP contribution in [0, 0.1) is 5.82 Å². The molecule has 0 bridgehead atoms. The number of halogens is 1. The molecule has 0 atom stereocenters. The SMILES string of the molecule is COc1ccccc1-c1nnc(SCCOc2ccccc2F)n1N. The summed E-state index contributed by atoms with van der Waals surface area (Å²) in [6.07, 6.45) is 0. The zero-order chi connectivity index (χ0) is 17.6. The fourth-order valence-corrected chi connectivity index (χ4v) is 2.91. The molecule has 8 heteroatoms. The lowest BCUT2D eigenvalue weighted by atomic mass is 10.2. The predicted molar refractivity (Wildman–Crippen MR) is 94.8 cm³/mol. The smallest absolute Gasteiger partial charge is 0.210 e. The lowest BCUT2D eigenvalue weighted by Crippen LogP contribution is -2.12. The highest BCUT2D eigenvalue weighted by atomic mass is 32.2. The molecular weight excluding hydrogens is 343 g/mol. The molecular formula is C17H17FN4O2S. The highest BCUT2D eigenvalue weighted by molar-refractivity contribution is 7.99. The Bertz CT molecular complexity index is 856. The summed E-state index contributed by atoms with van der Waals surface area (Å²) >= 11 is 1.38. The van der Waals surface area contributed by atoms with E-state index in [1.54, 1.807) is 25.3 Å². The van der Waals surface area contributed by atoms with Crippen molar-refractivity contribution >= 4 is 11.8 Å². The number of aromatic nitrogens is 3. The van der Waals surface area contributed by atoms with Gasteiger partial charge in [-0.2, -0.15) is 0 Å². The predicted octanol–water partition coefficient (Wildman–Crippen LogP) is 2.98. The largest absolute Gasteiger partial charge is 0.496 e. The van der Waals surface area contributed by atoms with Gasteiger partial charge in [0.25, 0.3) is 0 Å². The first-order valence-corrected chi connectivity index (χ1v) is 8.53. The quantitative estimate of drug-likeness (QED) is 0.397. The van der Waals surface area contributed by atoms with Crippen LogP contribution in [0.3, 0.4) is 0 Å². The van der Waals surface area contributed by atoms with E-state index in [1.165, 1.54) is 22.5 Å². The van der Waals surface area contributed by atoms with Gasteiger partial charge in [0.2, 0.25) is 5.16 Å². The Balaban J connectivity index is 1.63. The van der Waals surface area contributed by atoms with Gasteiger partial charge < -0.3 is 15.3 Å². The molecule has 2 N–H and O–H groups in total. The third-order valence-corrected chi connectivity index (χ3v) is 4.33. The van der Waals surface area contributed by atoms with Crippen LogP contribution in [0.15, 0.2) is 53.7 Å². The van der Waals surface area contributed by atoms with Gasteiger partial charge in [0, 0.05) is 5.75 Å². The molecule has 2 aromatic carbocycles. The lowest BCUT2D eigenvalue weighted by Gasteiger charge is -2.08. The molecule has 0 spiro atoms. The fraction of sp³-hybridized carbons (Fsp3) is 0.176. The molecule has 130 valence electrons. The topological polar surface area (TPSA) is 75.2 Å². The number of thioether (sulfide) groups is 1. The van der Waals surface area contributed by atoms with Gasteiger partial charge in [0.05, 0.1) is 19.3 Å². The van der Waals surface area contributed by atoms with Crippen LogP contribution in [-0.4, -0.2) is 34.3 Å². The Morgan fingerprint density at radius 2 is 1.80 bits per heavy atom. The second-order valence-electron chi connectivity index (χ2n) is 5.00. The summed E-state index contributed by atoms with van der Waals surface area (Å²) in [4.78, 5) is 0. The van der Waals surface area contributed by atoms with Crippen molar-refractivity contribution in [2.45, 2.75) is 5.16 Å². The van der Waals surface area contributed by atoms with E-state index >= 15 is 0 Å². The zero-order valence-electron chi connectivity index (χ0n) is 13.6. The molecule has 0 aliphatic carbocycles. The number of benzene rings is 2. The molecule has 0 aliphatic rings. The van der Waals surface area contributed by atoms with E-state index in [9.17, 15) is 4.39 Å². The summed E-state index contributed by atoms with van der Waals surface area (Å²) in [6.45, 7) is 0.322. The van der Waals surface area contributed by atoms with Gasteiger partial charge >= 0.3 is 0 Å². The lowest BCUT2D eigenvalue weighted by molar-refractivity contribution is 0.325. The van der Waals surface area contributed by atoms with Crippen molar-refractivity contribution in [3.8, 4) is 22.9 Å². The van der Waals surface area contributed by atoms with Gasteiger partial charge in [-0.15, -0.1) is 10.2 Å². The number of ether oxygens (including phenoxy) is 2. The number of hydrogen-bond donors (Lipinski definition) is 1. The second-order valence-corrected chi connectivity index (χ2v) is 6.07. The summed E-state index contributed by atoms with van der Waals surface area (Å²) < 4.78 is 25.6. The van der Waals surface area contributed by atoms with Crippen molar-refractivity contribution in [1.29, 1.82) is 0 Å². The number of nitrogen functional groups attached to an aromatic ring is 1. The molecule has 0 fully saturated rings. The van der Waals surface area contributed by atoms with Gasteiger partial charge in [-0.1, -0.05) is 36.0 Å². The Hall–Kier alpha value is -2.74. The maximum atomic E-state index is 13.5. The summed E-state index contributed by atoms with van der Waals surface area (Å²) in [5.41, 5.74) is 0.759. The Labute approximate surface area is 148 Å². The molecule has 0 saturated carbocycles. The van der Waals surface area contributed by atoms with Crippen LogP contribution < -0.4 is 15.3 Å². The number of nitrogens with two attached hydrogens (primary N) is 1. The third kappa shape index (κ3) is 3.85. The van der Waals surface area contributed by atoms with Crippen LogP contribution in [0.4, 0.5) is 4.39 Å². The van der Waals surface area contributed by atoms with Crippen molar-refractivity contribution in [3.63, 3.8) is 0 Å². The van der Waals surface area contributed by atoms with Gasteiger partial charge in [0.15, 0.2) is 17.4 Å². The van der Waals surface area contributed by atoms with E-state index < -0.39 is 0 Å². The van der Waals surface area contributed by atoms with E-state index in [1.807, 2.05) is 24.3 Å². The summed E-state index contributed by atoms with van der Waals surface area (Å²) in [5, 5.41) is 8.77. The molecule has 1 aromatic heterocycles. The van der Waals surface area contributed by atoms with E-state index in [0.717, 1.165) is 5.56 Å². The van der Waals surface area contributed by atoms with Crippen molar-refractivity contribution < 1.29 is 13.9 Å². The minimum absolute atomic E-state index is 0.229. The number of hydrogen-bond acceptors (Lipinski definition) is 6. The number of nitrogens with zero attached hydrogens (tertiary/aromatic N) is 3. The standard InChI is InChI=1S/C17H17FN4O2S/c1-23-14-8-4-2-6-12(14)16-20-21-17(22(16)19)25-11-10-24-15-9-5-3-7-13(15)18/h2-9H,10-11,19H2,1H3. The zero-order valence-corrected chi connectivity index (χ0v) is 14.4. The molecule has 6 nitrogen and oxygen atoms in total. The average molecular weight is 360 g/mol. The van der Waals surface area contributed by atoms with Crippen LogP contribution in [0.2, 0.25) is 0 Å². The molecule has 0 amide bonds. The van der Waals surface area contributed by atoms with E-state index in [2.05, 4.69) is 10.2 Å². The van der Waals surface area contributed by atoms with Crippen molar-refractivity contribution in [3.05, 3.63) is 54.3 Å². The Kier molecular flexibility index (Phi) is 5.39. The Morgan fingerprint density at radius 3 is 2.56 bits per heavy atom. The van der Waals surface area contributed by atoms with Gasteiger partial charge in [-0.05, 0) is 24.3 Å². The maximum Gasteiger partial charge on any atom is 0.210 e. The molecule has 0 aliphatic heterocycles. The fourth-order valence-electron chi connectivity index (χ4n) is 2.23. The highest BCUT2D eigenvalue weighted by Gasteiger charge is 2.15. The Morgan fingerprint density at radius 1 is 1.08 bits per heavy atom. The molecule has 3 aromatic rings. The summed E-state index contributed by atoms with van der Waals surface area (Å²) in [7, 11) is 1.59. The van der Waals surface area contributed by atoms with Crippen LogP contribution in [0.5, 0.6) is 11.5 Å². The first-order chi connectivity index (χ1) is 12.2. The van der Waals surface area contributed by atoms with Crippen LogP contribution in [0.25, 0.3) is 11.4 Å². The van der Waals surface area contributed by atoms with Gasteiger partial charge in [-0.25, -0.2) is 9.07 Å². The van der Waals surface area contributed by atoms with Crippen molar-refractivity contribution in [2.75, 3.05) is 25.3 Å². The molecule has 3 rings (SSSR count). The minimum atomic E-state index is -0.382. The van der Waals surface area contributed by atoms with E-state index in [4.69, 9.17) is 15.3 Å². The molecule has 0 unspecified atom stereocenters. The van der Waals surface area contributed by atoms with Crippen molar-refractivity contribution in [1.82, 2.24) is 14.9 Å². The van der Waals surface area contributed by atoms with Crippen LogP contribution in [-0.2, 0) is 0 Å². The average Bonchev–Trinajstić information content (AvgIpc) is 3.00. The summed E-state index contributed by atoms with van der Waals surface area (Å²) in [6, 6.07) is 13.7. The molecule has 0 radical (unpaired) electrons. The highest BCUT2D eigenvalue weighted by Crippen LogP contribution is 2.29. The summed E-state index contributed by atoms with van der Waals surface area (Å²) in [5.74, 6) is 7.67. The van der Waals surface area contributed by atoms with Crippen LogP contribution in [0.1, 0.15) is 0 Å². The number of methoxy groups -OCH3 is 1. The van der Waals surface area contributed by atoms with Gasteiger partial charge in [-0.3, -0.25) is 0 Å². The second kappa shape index (κ2) is 7.89.